The van der Waals surface area contributed by atoms with Crippen molar-refractivity contribution in [3.63, 3.8) is 0 Å². The average Bonchev–Trinajstić information content (AvgIpc) is 2.78. The van der Waals surface area contributed by atoms with Gasteiger partial charge in [-0.25, -0.2) is 0 Å². The van der Waals surface area contributed by atoms with Gasteiger partial charge in [0.1, 0.15) is 0 Å². The zero-order valence-corrected chi connectivity index (χ0v) is 21.7. The molecule has 2 fully saturated rings. The molecule has 0 radical (unpaired) electrons. The number of allylic oxidation sites excluding steroid dienone is 4. The van der Waals surface area contributed by atoms with E-state index in [-0.39, 0.29) is 0 Å². The number of hydrogen-bond acceptors (Lipinski definition) is 0. The van der Waals surface area contributed by atoms with E-state index in [1.165, 1.54) is 94.7 Å². The lowest BCUT2D eigenvalue weighted by atomic mass is 9.67. The van der Waals surface area contributed by atoms with E-state index in [1.54, 1.807) is 5.57 Å². The molecule has 0 nitrogen and oxygen atoms in total. The Bertz CT molecular complexity index is 1030. The molecule has 1 aromatic carbocycles. The molecule has 30 heavy (non-hydrogen) atoms. The Balaban J connectivity index is 1.58. The zero-order valence-electron chi connectivity index (χ0n) is 18.5. The fraction of sp³-hybridized carbons (Fsp3) is 0.571. The summed E-state index contributed by atoms with van der Waals surface area (Å²) in [6.07, 6.45) is 19.9. The van der Waals surface area contributed by atoms with Crippen molar-refractivity contribution in [1.29, 1.82) is 0 Å². The molecule has 160 valence electrons. The van der Waals surface area contributed by atoms with Crippen molar-refractivity contribution in [2.45, 2.75) is 89.9 Å². The fourth-order valence-corrected chi connectivity index (χ4v) is 7.97. The summed E-state index contributed by atoms with van der Waals surface area (Å²) in [6.45, 7) is 4.98. The first-order valence-corrected chi connectivity index (χ1v) is 13.6. The second-order valence-electron chi connectivity index (χ2n) is 10.7. The van der Waals surface area contributed by atoms with Gasteiger partial charge in [-0.05, 0) is 92.1 Å². The summed E-state index contributed by atoms with van der Waals surface area (Å²) < 4.78 is 2.70. The summed E-state index contributed by atoms with van der Waals surface area (Å²) in [5.74, 6) is 0.456. The molecule has 1 atom stereocenters. The van der Waals surface area contributed by atoms with Gasteiger partial charge in [-0.2, -0.15) is 0 Å². The quantitative estimate of drug-likeness (QED) is 0.367. The van der Waals surface area contributed by atoms with Crippen LogP contribution in [0.3, 0.4) is 0 Å². The maximum absolute atomic E-state index is 4.07. The summed E-state index contributed by atoms with van der Waals surface area (Å²) in [5, 5.41) is 2.77. The van der Waals surface area contributed by atoms with Crippen LogP contribution < -0.4 is 10.4 Å². The van der Waals surface area contributed by atoms with Crippen LogP contribution in [0.15, 0.2) is 41.5 Å². The van der Waals surface area contributed by atoms with Crippen molar-refractivity contribution < 1.29 is 0 Å². The highest BCUT2D eigenvalue weighted by atomic mass is 79.9. The molecule has 1 aromatic rings. The smallest absolute Gasteiger partial charge is 0.0292 e. The number of fused-ring (bicyclic) bond motifs is 2. The van der Waals surface area contributed by atoms with Crippen LogP contribution >= 0.6 is 31.9 Å². The van der Waals surface area contributed by atoms with E-state index in [0.717, 1.165) is 6.42 Å². The minimum absolute atomic E-state index is 0.346. The third-order valence-electron chi connectivity index (χ3n) is 8.64. The molecule has 0 aliphatic heterocycles. The zero-order chi connectivity index (χ0) is 20.9. The summed E-state index contributed by atoms with van der Waals surface area (Å²) in [7, 11) is 0. The van der Waals surface area contributed by atoms with Gasteiger partial charge >= 0.3 is 0 Å². The molecular weight excluding hydrogens is 496 g/mol. The highest BCUT2D eigenvalue weighted by Gasteiger charge is 2.35. The summed E-state index contributed by atoms with van der Waals surface area (Å²) in [5.41, 5.74) is 5.32. The van der Waals surface area contributed by atoms with Gasteiger partial charge in [0.25, 0.3) is 0 Å². The molecule has 5 rings (SSSR count). The van der Waals surface area contributed by atoms with Crippen LogP contribution in [-0.4, -0.2) is 0 Å². The predicted molar refractivity (Wildman–Crippen MR) is 136 cm³/mol. The summed E-state index contributed by atoms with van der Waals surface area (Å²) in [4.78, 5) is 0. The van der Waals surface area contributed by atoms with Crippen molar-refractivity contribution in [3.8, 4) is 0 Å². The predicted octanol–water partition coefficient (Wildman–Crippen LogP) is 7.77. The highest BCUT2D eigenvalue weighted by Crippen LogP contribution is 2.49. The Hall–Kier alpha value is -0.600. The van der Waals surface area contributed by atoms with E-state index in [9.17, 15) is 0 Å². The van der Waals surface area contributed by atoms with Gasteiger partial charge in [0, 0.05) is 14.9 Å². The molecule has 0 aromatic heterocycles. The number of benzene rings is 1. The summed E-state index contributed by atoms with van der Waals surface area (Å²) >= 11 is 8.12. The highest BCUT2D eigenvalue weighted by molar-refractivity contribution is 9.15. The molecule has 4 aliphatic carbocycles. The first kappa shape index (κ1) is 21.3. The van der Waals surface area contributed by atoms with Crippen LogP contribution in [0.25, 0.3) is 8.96 Å². The Morgan fingerprint density at radius 3 is 2.10 bits per heavy atom. The molecular formula is C28H34Br2. The molecule has 1 unspecified atom stereocenters. The van der Waals surface area contributed by atoms with E-state index < -0.39 is 0 Å². The van der Waals surface area contributed by atoms with Crippen LogP contribution in [0.5, 0.6) is 0 Å². The molecule has 0 N–H and O–H groups in total. The van der Waals surface area contributed by atoms with Crippen molar-refractivity contribution in [2.24, 2.45) is 11.3 Å². The van der Waals surface area contributed by atoms with Crippen molar-refractivity contribution in [1.82, 2.24) is 0 Å². The molecule has 0 spiro atoms. The van der Waals surface area contributed by atoms with E-state index in [4.69, 9.17) is 0 Å². The molecule has 0 heterocycles. The largest absolute Gasteiger partial charge is 0.0798 e. The monoisotopic (exact) mass is 528 g/mol. The van der Waals surface area contributed by atoms with Gasteiger partial charge in [-0.3, -0.25) is 0 Å². The molecule has 0 amide bonds. The van der Waals surface area contributed by atoms with Gasteiger partial charge in [0.15, 0.2) is 0 Å². The number of hydrogen-bond donors (Lipinski definition) is 0. The number of halogens is 2. The standard InChI is InChI=1S/C28H34Br2/c1-27(13-5-3-6-14-27)19-9-11-21-23(17-19)25(29)22-12-10-20(18-24(22)26(21)30)28(2)15-7-4-8-16-28/h9-11,17-18,22H,3-8,12-16H2,1-2H3. The average molecular weight is 530 g/mol. The van der Waals surface area contributed by atoms with Gasteiger partial charge < -0.3 is 0 Å². The Labute approximate surface area is 198 Å². The van der Waals surface area contributed by atoms with E-state index in [1.807, 2.05) is 0 Å². The fourth-order valence-electron chi connectivity index (χ4n) is 6.47. The molecule has 0 saturated heterocycles. The molecule has 0 bridgehead atoms. The minimum Gasteiger partial charge on any atom is -0.0798 e. The second-order valence-corrected chi connectivity index (χ2v) is 12.4. The second kappa shape index (κ2) is 8.07. The SMILES string of the molecule is CC1(C2=CCC3C(=C2)C(Br)=c2ccc(C4(C)CCCCC4)cc2=C3Br)CCCCC1. The van der Waals surface area contributed by atoms with Crippen LogP contribution in [0, 0.1) is 11.3 Å². The first-order valence-electron chi connectivity index (χ1n) is 12.0. The normalized spacial score (nSPS) is 27.7. The maximum Gasteiger partial charge on any atom is 0.0292 e. The van der Waals surface area contributed by atoms with Gasteiger partial charge in [0.2, 0.25) is 0 Å². The van der Waals surface area contributed by atoms with Crippen LogP contribution in [0.1, 0.15) is 90.0 Å². The third kappa shape index (κ3) is 3.54. The topological polar surface area (TPSA) is 0 Å². The Morgan fingerprint density at radius 1 is 0.800 bits per heavy atom. The Kier molecular flexibility index (Phi) is 5.72. The lowest BCUT2D eigenvalue weighted by Crippen LogP contribution is -2.37. The first-order chi connectivity index (χ1) is 14.4. The van der Waals surface area contributed by atoms with Crippen LogP contribution in [0.2, 0.25) is 0 Å². The van der Waals surface area contributed by atoms with Crippen molar-refractivity contribution in [3.05, 3.63) is 57.5 Å². The molecule has 2 heteroatoms. The Morgan fingerprint density at radius 2 is 1.43 bits per heavy atom. The van der Waals surface area contributed by atoms with Crippen LogP contribution in [-0.2, 0) is 5.41 Å². The van der Waals surface area contributed by atoms with Gasteiger partial charge in [-0.15, -0.1) is 0 Å². The summed E-state index contributed by atoms with van der Waals surface area (Å²) in [6, 6.07) is 7.30. The molecule has 4 aliphatic rings. The van der Waals surface area contributed by atoms with Crippen molar-refractivity contribution in [2.75, 3.05) is 0 Å². The number of rotatable bonds is 2. The van der Waals surface area contributed by atoms with E-state index in [2.05, 4.69) is 76.1 Å². The van der Waals surface area contributed by atoms with Crippen LogP contribution in [0.4, 0.5) is 0 Å². The maximum atomic E-state index is 4.07. The van der Waals surface area contributed by atoms with E-state index >= 15 is 0 Å². The van der Waals surface area contributed by atoms with E-state index in [0.29, 0.717) is 16.7 Å². The molecule has 2 saturated carbocycles. The minimum atomic E-state index is 0.346. The lowest BCUT2D eigenvalue weighted by molar-refractivity contribution is 0.271. The van der Waals surface area contributed by atoms with Gasteiger partial charge in [-0.1, -0.05) is 92.6 Å². The lowest BCUT2D eigenvalue weighted by Gasteiger charge is -2.38. The third-order valence-corrected chi connectivity index (χ3v) is 10.5. The van der Waals surface area contributed by atoms with Gasteiger partial charge in [0.05, 0.1) is 0 Å². The van der Waals surface area contributed by atoms with Crippen molar-refractivity contribution >= 4 is 40.8 Å².